The molecule has 0 aliphatic heterocycles. The maximum Gasteiger partial charge on any atom is 0.248 e. The van der Waals surface area contributed by atoms with E-state index >= 15 is 0 Å². The minimum absolute atomic E-state index is 0.204. The van der Waals surface area contributed by atoms with Crippen molar-refractivity contribution >= 4 is 57.3 Å². The van der Waals surface area contributed by atoms with Gasteiger partial charge in [0.2, 0.25) is 23.0 Å². The average molecular weight is 613 g/mol. The molecule has 1 aromatic heterocycles. The Balaban J connectivity index is 1.34. The topological polar surface area (TPSA) is 116 Å². The van der Waals surface area contributed by atoms with E-state index in [2.05, 4.69) is 10.6 Å². The molecule has 45 heavy (non-hydrogen) atoms. The second-order valence-electron chi connectivity index (χ2n) is 9.63. The van der Waals surface area contributed by atoms with Crippen LogP contribution >= 0.6 is 0 Å². The van der Waals surface area contributed by atoms with Gasteiger partial charge in [-0.25, -0.2) is 8.78 Å². The fourth-order valence-electron chi connectivity index (χ4n) is 4.54. The molecular formula is C34H26F2N2O7. The van der Waals surface area contributed by atoms with Crippen LogP contribution in [0.1, 0.15) is 11.1 Å². The molecule has 4 aromatic carbocycles. The second kappa shape index (κ2) is 13.1. The van der Waals surface area contributed by atoms with E-state index in [9.17, 15) is 23.2 Å². The first kappa shape index (κ1) is 30.5. The van der Waals surface area contributed by atoms with Crippen molar-refractivity contribution in [2.45, 2.75) is 0 Å². The van der Waals surface area contributed by atoms with Crippen molar-refractivity contribution in [3.8, 4) is 17.2 Å². The third kappa shape index (κ3) is 6.83. The van der Waals surface area contributed by atoms with E-state index in [1.807, 2.05) is 0 Å². The summed E-state index contributed by atoms with van der Waals surface area (Å²) in [4.78, 5) is 38.5. The van der Waals surface area contributed by atoms with Gasteiger partial charge in [0.1, 0.15) is 11.2 Å². The maximum absolute atomic E-state index is 13.4. The lowest BCUT2D eigenvalue weighted by Crippen LogP contribution is -2.10. The van der Waals surface area contributed by atoms with Gasteiger partial charge < -0.3 is 29.3 Å². The standard InChI is InChI=1S/C34H26F2N2O7/c1-42-29-15-20(16-30(43-2)34(29)44-3)6-13-32(40)38-22-8-11-28-24(18-22)33(41)23-17-21(7-10-27(23)45-28)37-31(39)12-5-19-4-9-25(35)26(36)14-19/h4-18H,1-3H3,(H,37,39)(H,38,40)/b12-5+,13-6+. The summed E-state index contributed by atoms with van der Waals surface area (Å²) in [6.07, 6.45) is 5.39. The summed E-state index contributed by atoms with van der Waals surface area (Å²) in [5.41, 5.74) is 1.85. The molecule has 0 bridgehead atoms. The summed E-state index contributed by atoms with van der Waals surface area (Å²) in [5, 5.41) is 5.78. The Morgan fingerprint density at radius 2 is 1.20 bits per heavy atom. The normalized spacial score (nSPS) is 11.3. The van der Waals surface area contributed by atoms with E-state index in [1.54, 1.807) is 42.5 Å². The molecule has 0 unspecified atom stereocenters. The van der Waals surface area contributed by atoms with Gasteiger partial charge in [-0.1, -0.05) is 6.07 Å². The van der Waals surface area contributed by atoms with Gasteiger partial charge in [-0.05, 0) is 83.9 Å². The minimum atomic E-state index is -1.03. The quantitative estimate of drug-likeness (QED) is 0.143. The van der Waals surface area contributed by atoms with Gasteiger partial charge in [-0.15, -0.1) is 0 Å². The Morgan fingerprint density at radius 3 is 1.69 bits per heavy atom. The van der Waals surface area contributed by atoms with Crippen molar-refractivity contribution < 1.29 is 37.0 Å². The Bertz CT molecular complexity index is 2040. The molecule has 0 fully saturated rings. The molecule has 11 heteroatoms. The third-order valence-electron chi connectivity index (χ3n) is 6.69. The molecule has 0 spiro atoms. The number of methoxy groups -OCH3 is 3. The van der Waals surface area contributed by atoms with Gasteiger partial charge >= 0.3 is 0 Å². The van der Waals surface area contributed by atoms with Crippen molar-refractivity contribution in [2.75, 3.05) is 32.0 Å². The Morgan fingerprint density at radius 1 is 0.667 bits per heavy atom. The number of carbonyl (C=O) groups excluding carboxylic acids is 2. The van der Waals surface area contributed by atoms with E-state index in [0.29, 0.717) is 50.9 Å². The molecule has 5 rings (SSSR count). The molecule has 0 aliphatic carbocycles. The number of hydrogen-bond acceptors (Lipinski definition) is 7. The second-order valence-corrected chi connectivity index (χ2v) is 9.63. The number of benzene rings is 4. The molecule has 0 atom stereocenters. The van der Waals surface area contributed by atoms with Crippen LogP contribution in [0, 0.1) is 11.6 Å². The fourth-order valence-corrected chi connectivity index (χ4v) is 4.54. The summed E-state index contributed by atoms with van der Waals surface area (Å²) in [6, 6.07) is 15.9. The summed E-state index contributed by atoms with van der Waals surface area (Å²) in [7, 11) is 4.48. The van der Waals surface area contributed by atoms with Crippen molar-refractivity contribution in [1.82, 2.24) is 0 Å². The molecule has 9 nitrogen and oxygen atoms in total. The van der Waals surface area contributed by atoms with E-state index in [-0.39, 0.29) is 16.2 Å². The van der Waals surface area contributed by atoms with Crippen molar-refractivity contribution in [2.24, 2.45) is 0 Å². The zero-order chi connectivity index (χ0) is 32.1. The highest BCUT2D eigenvalue weighted by atomic mass is 19.2. The van der Waals surface area contributed by atoms with E-state index in [1.165, 1.54) is 51.7 Å². The van der Waals surface area contributed by atoms with Crippen LogP contribution < -0.4 is 30.3 Å². The molecule has 2 amide bonds. The van der Waals surface area contributed by atoms with Crippen LogP contribution in [0.25, 0.3) is 34.1 Å². The van der Waals surface area contributed by atoms with E-state index in [0.717, 1.165) is 18.2 Å². The lowest BCUT2D eigenvalue weighted by Gasteiger charge is -2.12. The largest absolute Gasteiger partial charge is 0.493 e. The predicted octanol–water partition coefficient (Wildman–Crippen LogP) is 6.55. The molecule has 0 saturated heterocycles. The smallest absolute Gasteiger partial charge is 0.248 e. The van der Waals surface area contributed by atoms with Gasteiger partial charge in [0, 0.05) is 23.5 Å². The molecule has 2 N–H and O–H groups in total. The van der Waals surface area contributed by atoms with Gasteiger partial charge in [0.25, 0.3) is 0 Å². The number of amides is 2. The van der Waals surface area contributed by atoms with Crippen LogP contribution in [0.4, 0.5) is 20.2 Å². The first-order valence-corrected chi connectivity index (χ1v) is 13.4. The van der Waals surface area contributed by atoms with Crippen LogP contribution in [-0.4, -0.2) is 33.1 Å². The summed E-state index contributed by atoms with van der Waals surface area (Å²) < 4.78 is 48.4. The van der Waals surface area contributed by atoms with Crippen LogP contribution in [0.15, 0.2) is 88.1 Å². The van der Waals surface area contributed by atoms with Crippen molar-refractivity contribution in [3.05, 3.63) is 112 Å². The first-order valence-electron chi connectivity index (χ1n) is 13.4. The van der Waals surface area contributed by atoms with Crippen LogP contribution in [0.2, 0.25) is 0 Å². The Hall–Kier alpha value is -5.97. The fraction of sp³-hybridized carbons (Fsp3) is 0.0882. The number of anilines is 2. The van der Waals surface area contributed by atoms with Crippen molar-refractivity contribution in [3.63, 3.8) is 0 Å². The average Bonchev–Trinajstić information content (AvgIpc) is 3.04. The molecule has 1 heterocycles. The molecule has 5 aromatic rings. The molecule has 0 aliphatic rings. The summed E-state index contributed by atoms with van der Waals surface area (Å²) in [5.74, 6) is -1.71. The predicted molar refractivity (Wildman–Crippen MR) is 168 cm³/mol. The van der Waals surface area contributed by atoms with Gasteiger partial charge in [0.15, 0.2) is 23.1 Å². The third-order valence-corrected chi connectivity index (χ3v) is 6.69. The van der Waals surface area contributed by atoms with Crippen LogP contribution in [0.5, 0.6) is 17.2 Å². The van der Waals surface area contributed by atoms with Crippen LogP contribution in [-0.2, 0) is 9.59 Å². The van der Waals surface area contributed by atoms with Crippen LogP contribution in [0.3, 0.4) is 0 Å². The number of hydrogen-bond donors (Lipinski definition) is 2. The highest BCUT2D eigenvalue weighted by Gasteiger charge is 2.13. The minimum Gasteiger partial charge on any atom is -0.493 e. The van der Waals surface area contributed by atoms with E-state index in [4.69, 9.17) is 18.6 Å². The zero-order valence-electron chi connectivity index (χ0n) is 24.3. The summed E-state index contributed by atoms with van der Waals surface area (Å²) >= 11 is 0. The lowest BCUT2D eigenvalue weighted by atomic mass is 10.1. The number of nitrogens with one attached hydrogen (secondary N) is 2. The van der Waals surface area contributed by atoms with Gasteiger partial charge in [-0.3, -0.25) is 14.4 Å². The molecule has 0 radical (unpaired) electrons. The number of halogens is 2. The first-order chi connectivity index (χ1) is 21.7. The molecular weight excluding hydrogens is 586 g/mol. The SMILES string of the molecule is COc1cc(/C=C/C(=O)Nc2ccc3oc4ccc(NC(=O)/C=C/c5ccc(F)c(F)c5)cc4c(=O)c3c2)cc(OC)c1OC. The Labute approximate surface area is 255 Å². The van der Waals surface area contributed by atoms with E-state index < -0.39 is 23.4 Å². The monoisotopic (exact) mass is 612 g/mol. The highest BCUT2D eigenvalue weighted by Crippen LogP contribution is 2.38. The number of ether oxygens (including phenoxy) is 3. The van der Waals surface area contributed by atoms with Crippen molar-refractivity contribution in [1.29, 1.82) is 0 Å². The summed E-state index contributed by atoms with van der Waals surface area (Å²) in [6.45, 7) is 0. The zero-order valence-corrected chi connectivity index (χ0v) is 24.3. The molecule has 0 saturated carbocycles. The van der Waals surface area contributed by atoms with Gasteiger partial charge in [0.05, 0.1) is 32.1 Å². The van der Waals surface area contributed by atoms with Gasteiger partial charge in [-0.2, -0.15) is 0 Å². The number of fused-ring (bicyclic) bond motifs is 2. The Kier molecular flexibility index (Phi) is 8.89. The number of carbonyl (C=O) groups is 2. The molecule has 228 valence electrons. The maximum atomic E-state index is 13.4. The lowest BCUT2D eigenvalue weighted by molar-refractivity contribution is -0.112. The number of rotatable bonds is 9. The highest BCUT2D eigenvalue weighted by molar-refractivity contribution is 6.04.